The minimum atomic E-state index is -0.765. The molecule has 168 valence electrons. The summed E-state index contributed by atoms with van der Waals surface area (Å²) in [5.41, 5.74) is 1.90. The van der Waals surface area contributed by atoms with E-state index in [4.69, 9.17) is 14.2 Å². The number of carbonyl (C=O) groups is 2. The number of methoxy groups -OCH3 is 2. The van der Waals surface area contributed by atoms with Crippen LogP contribution in [0.2, 0.25) is 0 Å². The van der Waals surface area contributed by atoms with Gasteiger partial charge in [-0.15, -0.1) is 11.3 Å². The van der Waals surface area contributed by atoms with Gasteiger partial charge in [-0.05, 0) is 30.2 Å². The number of carbonyl (C=O) groups excluding carboxylic acids is 2. The highest BCUT2D eigenvalue weighted by atomic mass is 32.1. The lowest BCUT2D eigenvalue weighted by atomic mass is 10.0. The maximum atomic E-state index is 12.7. The third-order valence-electron chi connectivity index (χ3n) is 4.79. The fourth-order valence-electron chi connectivity index (χ4n) is 3.10. The average molecular weight is 455 g/mol. The Labute approximate surface area is 191 Å². The summed E-state index contributed by atoms with van der Waals surface area (Å²) in [6, 6.07) is 13.6. The number of rotatable bonds is 9. The van der Waals surface area contributed by atoms with Gasteiger partial charge in [0.15, 0.2) is 11.5 Å². The second kappa shape index (κ2) is 10.8. The molecule has 0 fully saturated rings. The number of para-hydroxylation sites is 1. The molecule has 1 aromatic heterocycles. The quantitative estimate of drug-likeness (QED) is 0.485. The van der Waals surface area contributed by atoms with Crippen LogP contribution in [-0.4, -0.2) is 37.1 Å². The molecule has 1 N–H and O–H groups in total. The van der Waals surface area contributed by atoms with Crippen LogP contribution in [0.3, 0.4) is 0 Å². The lowest BCUT2D eigenvalue weighted by Crippen LogP contribution is -2.45. The van der Waals surface area contributed by atoms with Crippen molar-refractivity contribution < 1.29 is 23.8 Å². The summed E-state index contributed by atoms with van der Waals surface area (Å²) in [6.07, 6.45) is 0. The molecule has 3 rings (SSSR count). The summed E-state index contributed by atoms with van der Waals surface area (Å²) in [4.78, 5) is 29.7. The molecule has 1 atom stereocenters. The normalized spacial score (nSPS) is 11.7. The monoisotopic (exact) mass is 454 g/mol. The number of esters is 1. The number of thiazole rings is 1. The maximum Gasteiger partial charge on any atom is 0.329 e. The fourth-order valence-corrected chi connectivity index (χ4v) is 3.93. The van der Waals surface area contributed by atoms with E-state index in [-0.39, 0.29) is 18.4 Å². The minimum Gasteiger partial charge on any atom is -0.493 e. The van der Waals surface area contributed by atoms with Crippen LogP contribution < -0.4 is 14.8 Å². The maximum absolute atomic E-state index is 12.7. The predicted molar refractivity (Wildman–Crippen MR) is 123 cm³/mol. The third-order valence-corrected chi connectivity index (χ3v) is 5.71. The van der Waals surface area contributed by atoms with Crippen molar-refractivity contribution in [2.45, 2.75) is 26.5 Å². The lowest BCUT2D eigenvalue weighted by molar-refractivity contribution is -0.148. The molecule has 0 unspecified atom stereocenters. The molecule has 2 aromatic carbocycles. The van der Waals surface area contributed by atoms with Gasteiger partial charge < -0.3 is 19.5 Å². The zero-order chi connectivity index (χ0) is 23.1. The molecule has 7 nitrogen and oxygen atoms in total. The highest BCUT2D eigenvalue weighted by Crippen LogP contribution is 2.39. The van der Waals surface area contributed by atoms with Gasteiger partial charge in [0.25, 0.3) is 5.91 Å². The summed E-state index contributed by atoms with van der Waals surface area (Å²) in [6.45, 7) is 3.71. The Hall–Kier alpha value is -3.39. The van der Waals surface area contributed by atoms with Crippen molar-refractivity contribution in [3.63, 3.8) is 0 Å². The van der Waals surface area contributed by atoms with E-state index < -0.39 is 12.0 Å². The number of aromatic nitrogens is 1. The number of benzene rings is 2. The van der Waals surface area contributed by atoms with Crippen molar-refractivity contribution in [2.24, 2.45) is 5.92 Å². The van der Waals surface area contributed by atoms with E-state index in [1.165, 1.54) is 11.3 Å². The standard InChI is InChI=1S/C24H26N2O5S/c1-15(2)20(26-22(27)16-9-6-5-7-10-16)24(28)31-13-17-14-32-23(25-17)18-11-8-12-19(29-3)21(18)30-4/h5-12,14-15,20H,13H2,1-4H3,(H,26,27)/t20-/m0/s1. The summed E-state index contributed by atoms with van der Waals surface area (Å²) in [5, 5.41) is 5.32. The SMILES string of the molecule is COc1cccc(-c2nc(COC(=O)[C@@H](NC(=O)c3ccccc3)C(C)C)cs2)c1OC. The molecule has 32 heavy (non-hydrogen) atoms. The van der Waals surface area contributed by atoms with E-state index in [2.05, 4.69) is 10.3 Å². The number of nitrogens with zero attached hydrogens (tertiary/aromatic N) is 1. The smallest absolute Gasteiger partial charge is 0.329 e. The Morgan fingerprint density at radius 2 is 1.78 bits per heavy atom. The molecule has 0 radical (unpaired) electrons. The predicted octanol–water partition coefficient (Wildman–Crippen LogP) is 4.33. The van der Waals surface area contributed by atoms with Gasteiger partial charge in [-0.2, -0.15) is 0 Å². The topological polar surface area (TPSA) is 86.8 Å². The van der Waals surface area contributed by atoms with Crippen molar-refractivity contribution in [2.75, 3.05) is 14.2 Å². The first-order chi connectivity index (χ1) is 15.4. The molecule has 0 aliphatic rings. The zero-order valence-corrected chi connectivity index (χ0v) is 19.3. The van der Waals surface area contributed by atoms with E-state index in [1.54, 1.807) is 38.5 Å². The molecule has 0 bridgehead atoms. The Morgan fingerprint density at radius 3 is 2.44 bits per heavy atom. The second-order valence-electron chi connectivity index (χ2n) is 7.35. The van der Waals surface area contributed by atoms with Crippen molar-refractivity contribution >= 4 is 23.2 Å². The van der Waals surface area contributed by atoms with Crippen molar-refractivity contribution in [3.8, 4) is 22.1 Å². The van der Waals surface area contributed by atoms with Gasteiger partial charge in [0.05, 0.1) is 25.5 Å². The van der Waals surface area contributed by atoms with Crippen molar-refractivity contribution in [1.29, 1.82) is 0 Å². The molecular formula is C24H26N2O5S. The van der Waals surface area contributed by atoms with E-state index in [0.717, 1.165) is 10.6 Å². The number of hydrogen-bond donors (Lipinski definition) is 1. The average Bonchev–Trinajstić information content (AvgIpc) is 3.29. The second-order valence-corrected chi connectivity index (χ2v) is 8.21. The minimum absolute atomic E-state index is 0.00600. The molecule has 0 saturated heterocycles. The van der Waals surface area contributed by atoms with Gasteiger partial charge in [0.1, 0.15) is 17.7 Å². The molecule has 3 aromatic rings. The van der Waals surface area contributed by atoms with Crippen LogP contribution in [-0.2, 0) is 16.1 Å². The number of hydrogen-bond acceptors (Lipinski definition) is 7. The molecular weight excluding hydrogens is 428 g/mol. The number of nitrogens with one attached hydrogen (secondary N) is 1. The van der Waals surface area contributed by atoms with E-state index in [9.17, 15) is 9.59 Å². The lowest BCUT2D eigenvalue weighted by Gasteiger charge is -2.20. The number of amides is 1. The van der Waals surface area contributed by atoms with Crippen molar-refractivity contribution in [1.82, 2.24) is 10.3 Å². The molecule has 0 aliphatic carbocycles. The van der Waals surface area contributed by atoms with E-state index in [0.29, 0.717) is 22.8 Å². The van der Waals surface area contributed by atoms with Crippen LogP contribution in [0.15, 0.2) is 53.9 Å². The molecule has 8 heteroatoms. The Balaban J connectivity index is 1.67. The zero-order valence-electron chi connectivity index (χ0n) is 18.5. The molecule has 1 heterocycles. The Morgan fingerprint density at radius 1 is 1.03 bits per heavy atom. The summed E-state index contributed by atoms with van der Waals surface area (Å²) >= 11 is 1.42. The van der Waals surface area contributed by atoms with Gasteiger partial charge in [-0.1, -0.05) is 38.1 Å². The highest BCUT2D eigenvalue weighted by molar-refractivity contribution is 7.13. The van der Waals surface area contributed by atoms with Crippen molar-refractivity contribution in [3.05, 3.63) is 65.2 Å². The van der Waals surface area contributed by atoms with Gasteiger partial charge in [-0.3, -0.25) is 4.79 Å². The first kappa shape index (κ1) is 23.3. The van der Waals surface area contributed by atoms with Crippen LogP contribution in [0.5, 0.6) is 11.5 Å². The van der Waals surface area contributed by atoms with Gasteiger partial charge >= 0.3 is 5.97 Å². The van der Waals surface area contributed by atoms with Gasteiger partial charge in [0.2, 0.25) is 0 Å². The van der Waals surface area contributed by atoms with Gasteiger partial charge in [-0.25, -0.2) is 9.78 Å². The fraction of sp³-hybridized carbons (Fsp3) is 0.292. The molecule has 0 saturated carbocycles. The summed E-state index contributed by atoms with van der Waals surface area (Å²) in [7, 11) is 3.16. The van der Waals surface area contributed by atoms with Crippen LogP contribution in [0.4, 0.5) is 0 Å². The highest BCUT2D eigenvalue weighted by Gasteiger charge is 2.26. The van der Waals surface area contributed by atoms with Gasteiger partial charge in [0, 0.05) is 10.9 Å². The third kappa shape index (κ3) is 5.45. The molecule has 1 amide bonds. The van der Waals surface area contributed by atoms with Crippen LogP contribution in [0.1, 0.15) is 29.9 Å². The van der Waals surface area contributed by atoms with Crippen LogP contribution in [0.25, 0.3) is 10.6 Å². The first-order valence-corrected chi connectivity index (χ1v) is 11.0. The van der Waals surface area contributed by atoms with Crippen LogP contribution >= 0.6 is 11.3 Å². The summed E-state index contributed by atoms with van der Waals surface area (Å²) in [5.74, 6) is 0.251. The summed E-state index contributed by atoms with van der Waals surface area (Å²) < 4.78 is 16.3. The Bertz CT molecular complexity index is 1070. The molecule has 0 spiro atoms. The number of ether oxygens (including phenoxy) is 3. The van der Waals surface area contributed by atoms with E-state index >= 15 is 0 Å². The first-order valence-electron chi connectivity index (χ1n) is 10.1. The molecule has 0 aliphatic heterocycles. The van der Waals surface area contributed by atoms with E-state index in [1.807, 2.05) is 43.5 Å². The Kier molecular flexibility index (Phi) is 7.83. The largest absolute Gasteiger partial charge is 0.493 e. The van der Waals surface area contributed by atoms with Crippen LogP contribution in [0, 0.1) is 5.92 Å².